The first kappa shape index (κ1) is 26.2. The molecule has 0 atom stereocenters. The van der Waals surface area contributed by atoms with Crippen LogP contribution >= 0.6 is 0 Å². The Hall–Kier alpha value is -4.38. The quantitative estimate of drug-likeness (QED) is 0.248. The number of benzene rings is 2. The molecule has 202 valence electrons. The normalized spacial score (nSPS) is 14.2. The third kappa shape index (κ3) is 6.94. The number of fused-ring (bicyclic) bond motifs is 1. The number of carbonyl (C=O) groups excluding carboxylic acids is 1. The molecule has 1 amide bonds. The highest BCUT2D eigenvalue weighted by molar-refractivity contribution is 5.83. The molecule has 11 nitrogen and oxygen atoms in total. The number of para-hydroxylation sites is 2. The van der Waals surface area contributed by atoms with Gasteiger partial charge in [0.1, 0.15) is 24.6 Å². The largest absolute Gasteiger partial charge is 0.492 e. The Bertz CT molecular complexity index is 1500. The molecule has 1 N–H and O–H groups in total. The maximum atomic E-state index is 12.5. The van der Waals surface area contributed by atoms with E-state index in [9.17, 15) is 9.59 Å². The third-order valence-corrected chi connectivity index (χ3v) is 6.61. The van der Waals surface area contributed by atoms with Crippen LogP contribution in [0.25, 0.3) is 11.0 Å². The van der Waals surface area contributed by atoms with Gasteiger partial charge in [-0.2, -0.15) is 5.10 Å². The molecular weight excluding hydrogens is 496 g/mol. The Morgan fingerprint density at radius 3 is 2.72 bits per heavy atom. The molecule has 3 heterocycles. The smallest absolute Gasteiger partial charge is 0.272 e. The van der Waals surface area contributed by atoms with E-state index in [1.807, 2.05) is 47.3 Å². The van der Waals surface area contributed by atoms with Crippen molar-refractivity contribution in [3.05, 3.63) is 82.0 Å². The topological polar surface area (TPSA) is 120 Å². The zero-order chi connectivity index (χ0) is 27.0. The highest BCUT2D eigenvalue weighted by atomic mass is 16.5. The number of ether oxygens (including phenoxy) is 1. The number of hydrazone groups is 1. The standard InChI is InChI=1S/C28H32N8O3/c1-21-28(38)36(26-8-4-3-7-25(26)30-21)20-27(37)32-29-17-22-9-11-24(12-10-22)39-16-15-35-19-23(31-33-35)18-34-13-5-2-6-14-34/h3-4,7-12,17,19H,2,5-6,13-16,18,20H2,1H3,(H,32,37)/b29-17+. The SMILES string of the molecule is Cc1nc2ccccc2n(CC(=O)N/N=C/c2ccc(OCCn3cc(CN4CCCCC4)nn3)cc2)c1=O. The van der Waals surface area contributed by atoms with Crippen LogP contribution in [-0.4, -0.2) is 61.3 Å². The minimum absolute atomic E-state index is 0.154. The molecule has 5 rings (SSSR count). The summed E-state index contributed by atoms with van der Waals surface area (Å²) in [5.41, 5.74) is 5.57. The molecule has 2 aromatic heterocycles. The van der Waals surface area contributed by atoms with Gasteiger partial charge in [-0.15, -0.1) is 5.10 Å². The molecule has 2 aromatic carbocycles. The Labute approximate surface area is 226 Å². The number of amides is 1. The summed E-state index contributed by atoms with van der Waals surface area (Å²) >= 11 is 0. The Morgan fingerprint density at radius 2 is 1.90 bits per heavy atom. The van der Waals surface area contributed by atoms with Crippen molar-refractivity contribution >= 4 is 23.2 Å². The maximum absolute atomic E-state index is 12.5. The molecule has 39 heavy (non-hydrogen) atoms. The number of nitrogens with zero attached hydrogens (tertiary/aromatic N) is 7. The Kier molecular flexibility index (Phi) is 8.37. The van der Waals surface area contributed by atoms with Crippen molar-refractivity contribution in [3.8, 4) is 5.75 Å². The predicted molar refractivity (Wildman–Crippen MR) is 148 cm³/mol. The first-order chi connectivity index (χ1) is 19.0. The molecule has 1 saturated heterocycles. The fraction of sp³-hybridized carbons (Fsp3) is 0.357. The third-order valence-electron chi connectivity index (χ3n) is 6.61. The van der Waals surface area contributed by atoms with Crippen LogP contribution in [0.2, 0.25) is 0 Å². The Morgan fingerprint density at radius 1 is 1.10 bits per heavy atom. The molecule has 0 aliphatic carbocycles. The second kappa shape index (κ2) is 12.4. The van der Waals surface area contributed by atoms with E-state index in [2.05, 4.69) is 30.7 Å². The monoisotopic (exact) mass is 528 g/mol. The zero-order valence-corrected chi connectivity index (χ0v) is 22.0. The van der Waals surface area contributed by atoms with Gasteiger partial charge in [-0.1, -0.05) is 23.8 Å². The van der Waals surface area contributed by atoms with Crippen LogP contribution in [0.4, 0.5) is 0 Å². The number of hydrogen-bond donors (Lipinski definition) is 1. The minimum Gasteiger partial charge on any atom is -0.492 e. The summed E-state index contributed by atoms with van der Waals surface area (Å²) in [5.74, 6) is 0.320. The summed E-state index contributed by atoms with van der Waals surface area (Å²) in [7, 11) is 0. The molecule has 0 bridgehead atoms. The first-order valence-electron chi connectivity index (χ1n) is 13.2. The number of piperidine rings is 1. The van der Waals surface area contributed by atoms with Gasteiger partial charge in [0.2, 0.25) is 0 Å². The second-order valence-electron chi connectivity index (χ2n) is 9.60. The number of nitrogens with one attached hydrogen (secondary N) is 1. The van der Waals surface area contributed by atoms with Gasteiger partial charge in [-0.3, -0.25) is 19.1 Å². The highest BCUT2D eigenvalue weighted by Gasteiger charge is 2.13. The molecular formula is C28H32N8O3. The van der Waals surface area contributed by atoms with Crippen LogP contribution in [0.5, 0.6) is 5.75 Å². The van der Waals surface area contributed by atoms with Crippen molar-refractivity contribution in [2.45, 2.75) is 45.8 Å². The van der Waals surface area contributed by atoms with Gasteiger partial charge in [-0.25, -0.2) is 15.1 Å². The summed E-state index contributed by atoms with van der Waals surface area (Å²) in [6.07, 6.45) is 7.36. The highest BCUT2D eigenvalue weighted by Crippen LogP contribution is 2.13. The minimum atomic E-state index is -0.406. The molecule has 4 aromatic rings. The number of likely N-dealkylation sites (tertiary alicyclic amines) is 1. The van der Waals surface area contributed by atoms with Crippen molar-refractivity contribution < 1.29 is 9.53 Å². The predicted octanol–water partition coefficient (Wildman–Crippen LogP) is 2.51. The lowest BCUT2D eigenvalue weighted by atomic mass is 10.1. The summed E-state index contributed by atoms with van der Waals surface area (Å²) in [6, 6.07) is 14.6. The first-order valence-corrected chi connectivity index (χ1v) is 13.2. The number of rotatable bonds is 10. The van der Waals surface area contributed by atoms with E-state index >= 15 is 0 Å². The second-order valence-corrected chi connectivity index (χ2v) is 9.60. The van der Waals surface area contributed by atoms with Gasteiger partial charge in [0, 0.05) is 12.7 Å². The van der Waals surface area contributed by atoms with E-state index in [0.717, 1.165) is 36.6 Å². The zero-order valence-electron chi connectivity index (χ0n) is 22.0. The average Bonchev–Trinajstić information content (AvgIpc) is 3.39. The number of hydrogen-bond acceptors (Lipinski definition) is 8. The van der Waals surface area contributed by atoms with Gasteiger partial charge in [-0.05, 0) is 74.8 Å². The van der Waals surface area contributed by atoms with Gasteiger partial charge in [0.05, 0.1) is 29.5 Å². The van der Waals surface area contributed by atoms with E-state index < -0.39 is 5.91 Å². The molecule has 0 unspecified atom stereocenters. The van der Waals surface area contributed by atoms with Gasteiger partial charge in [0.15, 0.2) is 0 Å². The van der Waals surface area contributed by atoms with Crippen LogP contribution in [0.3, 0.4) is 0 Å². The van der Waals surface area contributed by atoms with E-state index in [1.165, 1.54) is 23.8 Å². The lowest BCUT2D eigenvalue weighted by Crippen LogP contribution is -2.31. The van der Waals surface area contributed by atoms with E-state index in [-0.39, 0.29) is 12.1 Å². The Balaban J connectivity index is 1.07. The summed E-state index contributed by atoms with van der Waals surface area (Å²) in [4.78, 5) is 31.7. The van der Waals surface area contributed by atoms with E-state index in [1.54, 1.807) is 25.3 Å². The molecule has 1 fully saturated rings. The molecule has 0 spiro atoms. The lowest BCUT2D eigenvalue weighted by molar-refractivity contribution is -0.121. The van der Waals surface area contributed by atoms with Crippen LogP contribution in [0, 0.1) is 6.92 Å². The molecule has 1 aliphatic heterocycles. The van der Waals surface area contributed by atoms with Crippen molar-refractivity contribution in [1.82, 2.24) is 34.9 Å². The van der Waals surface area contributed by atoms with Crippen LogP contribution in [-0.2, 0) is 24.4 Å². The number of aromatic nitrogens is 5. The summed E-state index contributed by atoms with van der Waals surface area (Å²) in [5, 5.41) is 12.5. The van der Waals surface area contributed by atoms with Crippen molar-refractivity contribution in [2.24, 2.45) is 5.10 Å². The fourth-order valence-electron chi connectivity index (χ4n) is 4.61. The van der Waals surface area contributed by atoms with Crippen molar-refractivity contribution in [3.63, 3.8) is 0 Å². The molecule has 11 heteroatoms. The maximum Gasteiger partial charge on any atom is 0.272 e. The molecule has 0 radical (unpaired) electrons. The van der Waals surface area contributed by atoms with Crippen molar-refractivity contribution in [1.29, 1.82) is 0 Å². The summed E-state index contributed by atoms with van der Waals surface area (Å²) in [6.45, 7) is 5.67. The van der Waals surface area contributed by atoms with Crippen LogP contribution in [0.1, 0.15) is 36.2 Å². The average molecular weight is 529 g/mol. The fourth-order valence-corrected chi connectivity index (χ4v) is 4.61. The van der Waals surface area contributed by atoms with E-state index in [0.29, 0.717) is 29.9 Å². The van der Waals surface area contributed by atoms with Gasteiger partial charge >= 0.3 is 0 Å². The number of aryl methyl sites for hydroxylation is 1. The van der Waals surface area contributed by atoms with Crippen molar-refractivity contribution in [2.75, 3.05) is 19.7 Å². The van der Waals surface area contributed by atoms with E-state index in [4.69, 9.17) is 4.74 Å². The van der Waals surface area contributed by atoms with Gasteiger partial charge in [0.25, 0.3) is 11.5 Å². The summed E-state index contributed by atoms with van der Waals surface area (Å²) < 4.78 is 9.06. The number of carbonyl (C=O) groups is 1. The van der Waals surface area contributed by atoms with Crippen LogP contribution in [0.15, 0.2) is 64.6 Å². The lowest BCUT2D eigenvalue weighted by Gasteiger charge is -2.25. The molecule has 1 aliphatic rings. The van der Waals surface area contributed by atoms with Crippen LogP contribution < -0.4 is 15.7 Å². The van der Waals surface area contributed by atoms with Gasteiger partial charge < -0.3 is 4.74 Å². The molecule has 0 saturated carbocycles.